The van der Waals surface area contributed by atoms with E-state index in [-0.39, 0.29) is 0 Å². The molecule has 1 aromatic heterocycles. The van der Waals surface area contributed by atoms with Gasteiger partial charge in [0.25, 0.3) is 0 Å². The number of aromatic amines is 1. The van der Waals surface area contributed by atoms with Gasteiger partial charge < -0.3 is 15.2 Å². The van der Waals surface area contributed by atoms with Crippen molar-refractivity contribution in [2.45, 2.75) is 19.4 Å². The quantitative estimate of drug-likeness (QED) is 0.783. The zero-order chi connectivity index (χ0) is 10.5. The Morgan fingerprint density at radius 3 is 3.13 bits per heavy atom. The molecule has 84 valence electrons. The van der Waals surface area contributed by atoms with Crippen LogP contribution in [-0.4, -0.2) is 36.6 Å². The molecular formula is C12H21N3. The Morgan fingerprint density at radius 1 is 1.53 bits per heavy atom. The van der Waals surface area contributed by atoms with Crippen molar-refractivity contribution in [3.8, 4) is 0 Å². The molecule has 15 heavy (non-hydrogen) atoms. The molecule has 2 heterocycles. The van der Waals surface area contributed by atoms with Crippen LogP contribution < -0.4 is 5.32 Å². The summed E-state index contributed by atoms with van der Waals surface area (Å²) in [4.78, 5) is 5.52. The Hall–Kier alpha value is -0.800. The Morgan fingerprint density at radius 2 is 2.47 bits per heavy atom. The molecule has 0 aromatic carbocycles. The van der Waals surface area contributed by atoms with Crippen LogP contribution in [0.5, 0.6) is 0 Å². The highest BCUT2D eigenvalue weighted by atomic mass is 15.1. The van der Waals surface area contributed by atoms with Gasteiger partial charge in [-0.1, -0.05) is 0 Å². The first-order valence-corrected chi connectivity index (χ1v) is 5.85. The Kier molecular flexibility index (Phi) is 3.80. The zero-order valence-corrected chi connectivity index (χ0v) is 9.50. The molecular weight excluding hydrogens is 186 g/mol. The highest BCUT2D eigenvalue weighted by molar-refractivity contribution is 5.07. The van der Waals surface area contributed by atoms with Crippen LogP contribution >= 0.6 is 0 Å². The lowest BCUT2D eigenvalue weighted by Crippen LogP contribution is -2.36. The van der Waals surface area contributed by atoms with E-state index in [1.807, 2.05) is 6.20 Å². The van der Waals surface area contributed by atoms with Gasteiger partial charge in [-0.15, -0.1) is 0 Å². The minimum Gasteiger partial charge on any atom is -0.367 e. The molecule has 1 aliphatic heterocycles. The Bertz CT molecular complexity index is 262. The zero-order valence-electron chi connectivity index (χ0n) is 9.50. The summed E-state index contributed by atoms with van der Waals surface area (Å²) in [6, 6.07) is 2.15. The predicted molar refractivity (Wildman–Crippen MR) is 62.7 cm³/mol. The van der Waals surface area contributed by atoms with E-state index < -0.39 is 0 Å². The number of rotatable bonds is 4. The summed E-state index contributed by atoms with van der Waals surface area (Å²) in [5.41, 5.74) is 1.38. The Labute approximate surface area is 91.9 Å². The smallest absolute Gasteiger partial charge is 0.0245 e. The third-order valence-electron chi connectivity index (χ3n) is 3.08. The summed E-state index contributed by atoms with van der Waals surface area (Å²) in [6.45, 7) is 4.66. The van der Waals surface area contributed by atoms with Gasteiger partial charge in [-0.05, 0) is 50.5 Å². The maximum atomic E-state index is 3.47. The fourth-order valence-electron chi connectivity index (χ4n) is 2.35. The molecule has 0 amide bonds. The largest absolute Gasteiger partial charge is 0.367 e. The third-order valence-corrected chi connectivity index (χ3v) is 3.08. The van der Waals surface area contributed by atoms with Crippen molar-refractivity contribution in [3.05, 3.63) is 24.0 Å². The van der Waals surface area contributed by atoms with E-state index in [1.165, 1.54) is 38.0 Å². The summed E-state index contributed by atoms with van der Waals surface area (Å²) >= 11 is 0. The summed E-state index contributed by atoms with van der Waals surface area (Å²) < 4.78 is 0. The van der Waals surface area contributed by atoms with E-state index >= 15 is 0 Å². The van der Waals surface area contributed by atoms with Crippen molar-refractivity contribution in [2.24, 2.45) is 5.92 Å². The molecule has 1 unspecified atom stereocenters. The van der Waals surface area contributed by atoms with Gasteiger partial charge in [-0.2, -0.15) is 0 Å². The van der Waals surface area contributed by atoms with Gasteiger partial charge in [-0.3, -0.25) is 0 Å². The number of hydrogen-bond acceptors (Lipinski definition) is 2. The van der Waals surface area contributed by atoms with Crippen molar-refractivity contribution in [3.63, 3.8) is 0 Å². The SMILES string of the molecule is CN(Cc1cc[nH]c1)CC1CCCNC1. The lowest BCUT2D eigenvalue weighted by atomic mass is 9.99. The first-order valence-electron chi connectivity index (χ1n) is 5.85. The summed E-state index contributed by atoms with van der Waals surface area (Å²) in [6.07, 6.45) is 6.79. The van der Waals surface area contributed by atoms with Gasteiger partial charge in [-0.25, -0.2) is 0 Å². The van der Waals surface area contributed by atoms with E-state index in [9.17, 15) is 0 Å². The van der Waals surface area contributed by atoms with Crippen LogP contribution in [0.2, 0.25) is 0 Å². The van der Waals surface area contributed by atoms with E-state index in [2.05, 4.69) is 34.5 Å². The van der Waals surface area contributed by atoms with E-state index in [0.29, 0.717) is 0 Å². The number of H-pyrrole nitrogens is 1. The van der Waals surface area contributed by atoms with Crippen LogP contribution in [0.1, 0.15) is 18.4 Å². The molecule has 1 fully saturated rings. The molecule has 0 spiro atoms. The van der Waals surface area contributed by atoms with Gasteiger partial charge in [0.1, 0.15) is 0 Å². The lowest BCUT2D eigenvalue weighted by Gasteiger charge is -2.27. The van der Waals surface area contributed by atoms with Gasteiger partial charge >= 0.3 is 0 Å². The normalized spacial score (nSPS) is 22.1. The molecule has 3 heteroatoms. The van der Waals surface area contributed by atoms with E-state index in [4.69, 9.17) is 0 Å². The minimum absolute atomic E-state index is 0.836. The number of nitrogens with one attached hydrogen (secondary N) is 2. The monoisotopic (exact) mass is 207 g/mol. The molecule has 3 nitrogen and oxygen atoms in total. The second-order valence-corrected chi connectivity index (χ2v) is 4.63. The molecule has 2 rings (SSSR count). The summed E-state index contributed by atoms with van der Waals surface area (Å²) in [5.74, 6) is 0.836. The van der Waals surface area contributed by atoms with Crippen molar-refractivity contribution in [1.29, 1.82) is 0 Å². The fraction of sp³-hybridized carbons (Fsp3) is 0.667. The fourth-order valence-corrected chi connectivity index (χ4v) is 2.35. The first kappa shape index (κ1) is 10.7. The summed E-state index contributed by atoms with van der Waals surface area (Å²) in [7, 11) is 2.21. The van der Waals surface area contributed by atoms with Crippen LogP contribution in [-0.2, 0) is 6.54 Å². The number of piperidine rings is 1. The maximum absolute atomic E-state index is 3.47. The van der Waals surface area contributed by atoms with Gasteiger partial charge in [0.2, 0.25) is 0 Å². The second-order valence-electron chi connectivity index (χ2n) is 4.63. The first-order chi connectivity index (χ1) is 7.34. The molecule has 0 radical (unpaired) electrons. The average Bonchev–Trinajstić information content (AvgIpc) is 2.71. The van der Waals surface area contributed by atoms with Crippen LogP contribution in [0.25, 0.3) is 0 Å². The average molecular weight is 207 g/mol. The number of hydrogen-bond donors (Lipinski definition) is 2. The van der Waals surface area contributed by atoms with Crippen molar-refractivity contribution in [2.75, 3.05) is 26.7 Å². The van der Waals surface area contributed by atoms with Crippen LogP contribution in [0.15, 0.2) is 18.5 Å². The van der Waals surface area contributed by atoms with Gasteiger partial charge in [0.05, 0.1) is 0 Å². The molecule has 1 saturated heterocycles. The van der Waals surface area contributed by atoms with Crippen LogP contribution in [0.4, 0.5) is 0 Å². The molecule has 2 N–H and O–H groups in total. The second kappa shape index (κ2) is 5.33. The lowest BCUT2D eigenvalue weighted by molar-refractivity contribution is 0.237. The highest BCUT2D eigenvalue weighted by Crippen LogP contribution is 2.12. The van der Waals surface area contributed by atoms with Crippen LogP contribution in [0, 0.1) is 5.92 Å². The predicted octanol–water partition coefficient (Wildman–Crippen LogP) is 1.45. The third kappa shape index (κ3) is 3.36. The van der Waals surface area contributed by atoms with Crippen molar-refractivity contribution < 1.29 is 0 Å². The van der Waals surface area contributed by atoms with Gasteiger partial charge in [0, 0.05) is 25.5 Å². The highest BCUT2D eigenvalue weighted by Gasteiger charge is 2.14. The number of nitrogens with zero attached hydrogens (tertiary/aromatic N) is 1. The molecule has 0 bridgehead atoms. The topological polar surface area (TPSA) is 31.1 Å². The van der Waals surface area contributed by atoms with Crippen molar-refractivity contribution >= 4 is 0 Å². The standard InChI is InChI=1S/C12H21N3/c1-15(10-12-4-6-14-8-12)9-11-3-2-5-13-7-11/h4,6,8,11,13-14H,2-3,5,7,9-10H2,1H3. The van der Waals surface area contributed by atoms with E-state index in [1.54, 1.807) is 0 Å². The van der Waals surface area contributed by atoms with Crippen molar-refractivity contribution in [1.82, 2.24) is 15.2 Å². The van der Waals surface area contributed by atoms with Gasteiger partial charge in [0.15, 0.2) is 0 Å². The molecule has 1 atom stereocenters. The van der Waals surface area contributed by atoms with Crippen LogP contribution in [0.3, 0.4) is 0 Å². The molecule has 0 aliphatic carbocycles. The molecule has 1 aromatic rings. The molecule has 1 aliphatic rings. The minimum atomic E-state index is 0.836. The summed E-state index contributed by atoms with van der Waals surface area (Å²) in [5, 5.41) is 3.47. The van der Waals surface area contributed by atoms with E-state index in [0.717, 1.165) is 12.5 Å². The Balaban J connectivity index is 1.74. The molecule has 0 saturated carbocycles. The maximum Gasteiger partial charge on any atom is 0.0245 e. The number of aromatic nitrogens is 1.